The topological polar surface area (TPSA) is 49.0 Å². The van der Waals surface area contributed by atoms with Gasteiger partial charge in [-0.2, -0.15) is 0 Å². The quantitative estimate of drug-likeness (QED) is 0.411. The average molecular weight is 435 g/mol. The van der Waals surface area contributed by atoms with Gasteiger partial charge in [0.15, 0.2) is 5.11 Å². The fourth-order valence-electron chi connectivity index (χ4n) is 4.24. The summed E-state index contributed by atoms with van der Waals surface area (Å²) in [5, 5.41) is 10.5. The molecule has 0 atom stereocenters. The first kappa shape index (κ1) is 21.2. The minimum Gasteiger partial charge on any atom is -0.362 e. The van der Waals surface area contributed by atoms with Gasteiger partial charge in [-0.05, 0) is 73.4 Å². The van der Waals surface area contributed by atoms with E-state index in [0.717, 1.165) is 36.6 Å². The summed E-state index contributed by atoms with van der Waals surface area (Å²) in [5.41, 5.74) is 4.21. The molecule has 3 aromatic rings. The van der Waals surface area contributed by atoms with Crippen molar-refractivity contribution in [2.75, 3.05) is 17.2 Å². The maximum atomic E-state index is 13.4. The Morgan fingerprint density at radius 2 is 1.77 bits per heavy atom. The maximum Gasteiger partial charge on any atom is 0.170 e. The van der Waals surface area contributed by atoms with Crippen LogP contribution in [0.2, 0.25) is 0 Å². The Balaban J connectivity index is 1.35. The van der Waals surface area contributed by atoms with Gasteiger partial charge in [0.2, 0.25) is 0 Å². The minimum absolute atomic E-state index is 0.000981. The molecule has 1 aliphatic rings. The van der Waals surface area contributed by atoms with Gasteiger partial charge in [0.25, 0.3) is 0 Å². The molecule has 2 aromatic carbocycles. The van der Waals surface area contributed by atoms with Crippen LogP contribution in [0.25, 0.3) is 0 Å². The van der Waals surface area contributed by atoms with Crippen LogP contribution in [0.15, 0.2) is 66.9 Å². The van der Waals surface area contributed by atoms with Gasteiger partial charge in [0, 0.05) is 17.6 Å². The molecular formula is C25H27FN4S. The number of hydrogen-bond acceptors (Lipinski definition) is 3. The van der Waals surface area contributed by atoms with Crippen molar-refractivity contribution >= 4 is 34.5 Å². The van der Waals surface area contributed by atoms with Gasteiger partial charge in [0.1, 0.15) is 11.6 Å². The normalized spacial score (nSPS) is 14.8. The molecule has 31 heavy (non-hydrogen) atoms. The van der Waals surface area contributed by atoms with E-state index in [9.17, 15) is 4.39 Å². The van der Waals surface area contributed by atoms with E-state index in [-0.39, 0.29) is 11.2 Å². The van der Waals surface area contributed by atoms with Crippen LogP contribution in [-0.4, -0.2) is 16.6 Å². The average Bonchev–Trinajstić information content (AvgIpc) is 3.26. The standard InChI is InChI=1S/C25H27FN4S/c1-18-6-2-3-7-22(18)30-23-13-12-21(16-27-23)29-24(31)28-17-25(14-4-5-15-25)19-8-10-20(26)11-9-19/h2-3,6-13,16H,4-5,14-15,17H2,1H3,(H,27,30)(H2,28,29,31). The van der Waals surface area contributed by atoms with Gasteiger partial charge in [-0.25, -0.2) is 9.37 Å². The number of aryl methyl sites for hydroxylation is 1. The number of rotatable bonds is 6. The van der Waals surface area contributed by atoms with Crippen LogP contribution < -0.4 is 16.0 Å². The van der Waals surface area contributed by atoms with Gasteiger partial charge in [-0.15, -0.1) is 0 Å². The van der Waals surface area contributed by atoms with Crippen LogP contribution in [0.4, 0.5) is 21.6 Å². The second kappa shape index (κ2) is 9.43. The molecule has 3 N–H and O–H groups in total. The number of aromatic nitrogens is 1. The third kappa shape index (κ3) is 5.20. The molecule has 0 bridgehead atoms. The first-order valence-electron chi connectivity index (χ1n) is 10.6. The number of pyridine rings is 1. The molecule has 1 aliphatic carbocycles. The highest BCUT2D eigenvalue weighted by Crippen LogP contribution is 2.40. The molecule has 0 radical (unpaired) electrons. The van der Waals surface area contributed by atoms with Gasteiger partial charge < -0.3 is 16.0 Å². The van der Waals surface area contributed by atoms with Crippen molar-refractivity contribution in [3.05, 3.63) is 83.8 Å². The number of hydrogen-bond donors (Lipinski definition) is 3. The van der Waals surface area contributed by atoms with Crippen LogP contribution in [0.3, 0.4) is 0 Å². The van der Waals surface area contributed by atoms with E-state index >= 15 is 0 Å². The SMILES string of the molecule is Cc1ccccc1Nc1ccc(NC(=S)NCC2(c3ccc(F)cc3)CCCC2)cn1. The van der Waals surface area contributed by atoms with Crippen LogP contribution in [0.1, 0.15) is 36.8 Å². The summed E-state index contributed by atoms with van der Waals surface area (Å²) in [4.78, 5) is 4.48. The zero-order chi connectivity index (χ0) is 21.7. The van der Waals surface area contributed by atoms with Gasteiger partial charge in [-0.3, -0.25) is 0 Å². The van der Waals surface area contributed by atoms with E-state index in [1.165, 1.54) is 24.0 Å². The van der Waals surface area contributed by atoms with Crippen LogP contribution in [0, 0.1) is 12.7 Å². The number of anilines is 3. The third-order valence-corrected chi connectivity index (χ3v) is 6.28. The van der Waals surface area contributed by atoms with E-state index in [1.807, 2.05) is 42.5 Å². The van der Waals surface area contributed by atoms with Crippen molar-refractivity contribution in [2.24, 2.45) is 0 Å². The highest BCUT2D eigenvalue weighted by molar-refractivity contribution is 7.80. The van der Waals surface area contributed by atoms with Gasteiger partial charge in [0.05, 0.1) is 11.9 Å². The molecule has 4 nitrogen and oxygen atoms in total. The van der Waals surface area contributed by atoms with Crippen molar-refractivity contribution in [1.82, 2.24) is 10.3 Å². The Labute approximate surface area is 188 Å². The first-order chi connectivity index (χ1) is 15.0. The molecule has 0 unspecified atom stereocenters. The molecule has 0 spiro atoms. The molecule has 1 aromatic heterocycles. The summed E-state index contributed by atoms with van der Waals surface area (Å²) in [6.45, 7) is 2.79. The lowest BCUT2D eigenvalue weighted by Crippen LogP contribution is -2.40. The lowest BCUT2D eigenvalue weighted by atomic mass is 9.79. The highest BCUT2D eigenvalue weighted by atomic mass is 32.1. The van der Waals surface area contributed by atoms with Crippen molar-refractivity contribution in [3.8, 4) is 0 Å². The van der Waals surface area contributed by atoms with Gasteiger partial charge in [-0.1, -0.05) is 43.2 Å². The van der Waals surface area contributed by atoms with Crippen LogP contribution in [0.5, 0.6) is 0 Å². The molecule has 0 aliphatic heterocycles. The Morgan fingerprint density at radius 3 is 2.45 bits per heavy atom. The Kier molecular flexibility index (Phi) is 6.47. The summed E-state index contributed by atoms with van der Waals surface area (Å²) in [6.07, 6.45) is 6.28. The largest absolute Gasteiger partial charge is 0.362 e. The first-order valence-corrected chi connectivity index (χ1v) is 11.0. The predicted octanol–water partition coefficient (Wildman–Crippen LogP) is 6.07. The van der Waals surface area contributed by atoms with E-state index in [2.05, 4.69) is 33.9 Å². The monoisotopic (exact) mass is 434 g/mol. The summed E-state index contributed by atoms with van der Waals surface area (Å²) in [6, 6.07) is 18.9. The third-order valence-electron chi connectivity index (χ3n) is 6.03. The molecule has 4 rings (SSSR count). The van der Waals surface area contributed by atoms with E-state index < -0.39 is 0 Å². The van der Waals surface area contributed by atoms with E-state index in [4.69, 9.17) is 12.2 Å². The maximum absolute atomic E-state index is 13.4. The molecule has 0 amide bonds. The molecule has 1 heterocycles. The van der Waals surface area contributed by atoms with Crippen LogP contribution >= 0.6 is 12.2 Å². The van der Waals surface area contributed by atoms with E-state index in [1.54, 1.807) is 18.3 Å². The smallest absolute Gasteiger partial charge is 0.170 e. The molecule has 1 fully saturated rings. The van der Waals surface area contributed by atoms with Gasteiger partial charge >= 0.3 is 0 Å². The number of halogens is 1. The minimum atomic E-state index is -0.199. The van der Waals surface area contributed by atoms with Crippen LogP contribution in [-0.2, 0) is 5.41 Å². The highest BCUT2D eigenvalue weighted by Gasteiger charge is 2.35. The number of benzene rings is 2. The molecule has 6 heteroatoms. The van der Waals surface area contributed by atoms with Crippen molar-refractivity contribution in [1.29, 1.82) is 0 Å². The molecule has 1 saturated carbocycles. The summed E-state index contributed by atoms with van der Waals surface area (Å²) >= 11 is 5.52. The second-order valence-corrected chi connectivity index (χ2v) is 8.58. The zero-order valence-corrected chi connectivity index (χ0v) is 18.4. The molecule has 160 valence electrons. The Morgan fingerprint density at radius 1 is 1.03 bits per heavy atom. The Bertz CT molecular complexity index is 1030. The van der Waals surface area contributed by atoms with Crippen molar-refractivity contribution < 1.29 is 4.39 Å². The van der Waals surface area contributed by atoms with Crippen molar-refractivity contribution in [3.63, 3.8) is 0 Å². The lowest BCUT2D eigenvalue weighted by molar-refractivity contribution is 0.434. The summed E-state index contributed by atoms with van der Waals surface area (Å²) < 4.78 is 13.4. The lowest BCUT2D eigenvalue weighted by Gasteiger charge is -2.30. The second-order valence-electron chi connectivity index (χ2n) is 8.17. The number of nitrogens with one attached hydrogen (secondary N) is 3. The zero-order valence-electron chi connectivity index (χ0n) is 17.6. The fourth-order valence-corrected chi connectivity index (χ4v) is 4.43. The molecule has 0 saturated heterocycles. The van der Waals surface area contributed by atoms with E-state index in [0.29, 0.717) is 5.11 Å². The Hall–Kier alpha value is -2.99. The number of thiocarbonyl (C=S) groups is 1. The number of nitrogens with zero attached hydrogens (tertiary/aromatic N) is 1. The summed E-state index contributed by atoms with van der Waals surface area (Å²) in [7, 11) is 0. The molecular weight excluding hydrogens is 407 g/mol. The fraction of sp³-hybridized carbons (Fsp3) is 0.280. The predicted molar refractivity (Wildman–Crippen MR) is 129 cm³/mol. The van der Waals surface area contributed by atoms with Crippen molar-refractivity contribution in [2.45, 2.75) is 38.0 Å². The summed E-state index contributed by atoms with van der Waals surface area (Å²) in [5.74, 6) is 0.579. The number of para-hydroxylation sites is 1.